The highest BCUT2D eigenvalue weighted by Gasteiger charge is 2.52. The van der Waals surface area contributed by atoms with Crippen LogP contribution in [0.4, 0.5) is 5.69 Å². The molecular formula is C18H20N2O. The van der Waals surface area contributed by atoms with Crippen LogP contribution in [0.3, 0.4) is 0 Å². The van der Waals surface area contributed by atoms with Gasteiger partial charge in [0.1, 0.15) is 0 Å². The molecule has 108 valence electrons. The second-order valence-corrected chi connectivity index (χ2v) is 5.65. The molecule has 1 aliphatic carbocycles. The Kier molecular flexibility index (Phi) is 3.52. The molecule has 1 fully saturated rings. The van der Waals surface area contributed by atoms with Crippen LogP contribution in [-0.2, 0) is 16.8 Å². The molecule has 1 amide bonds. The predicted molar refractivity (Wildman–Crippen MR) is 85.1 cm³/mol. The first kappa shape index (κ1) is 13.8. The highest BCUT2D eigenvalue weighted by Crippen LogP contribution is 2.49. The Morgan fingerprint density at radius 2 is 1.71 bits per heavy atom. The van der Waals surface area contributed by atoms with E-state index in [0.29, 0.717) is 6.54 Å². The molecule has 1 aliphatic rings. The van der Waals surface area contributed by atoms with Gasteiger partial charge < -0.3 is 10.6 Å². The Bertz CT molecular complexity index is 647. The zero-order valence-corrected chi connectivity index (χ0v) is 12.3. The molecule has 0 atom stereocenters. The van der Waals surface area contributed by atoms with Gasteiger partial charge in [0.15, 0.2) is 0 Å². The zero-order valence-electron chi connectivity index (χ0n) is 12.3. The summed E-state index contributed by atoms with van der Waals surface area (Å²) in [6, 6.07) is 17.9. The third kappa shape index (κ3) is 2.34. The summed E-state index contributed by atoms with van der Waals surface area (Å²) >= 11 is 0. The van der Waals surface area contributed by atoms with E-state index >= 15 is 0 Å². The molecule has 2 aromatic rings. The van der Waals surface area contributed by atoms with Gasteiger partial charge in [0.2, 0.25) is 5.91 Å². The number of anilines is 1. The minimum atomic E-state index is -0.336. The third-order valence-electron chi connectivity index (χ3n) is 4.36. The van der Waals surface area contributed by atoms with Gasteiger partial charge in [-0.3, -0.25) is 4.79 Å². The molecule has 21 heavy (non-hydrogen) atoms. The van der Waals surface area contributed by atoms with Crippen molar-refractivity contribution in [2.24, 2.45) is 5.73 Å². The molecule has 0 spiro atoms. The summed E-state index contributed by atoms with van der Waals surface area (Å²) in [7, 11) is 1.85. The maximum absolute atomic E-state index is 13.0. The van der Waals surface area contributed by atoms with Crippen molar-refractivity contribution in [1.82, 2.24) is 0 Å². The quantitative estimate of drug-likeness (QED) is 0.936. The summed E-state index contributed by atoms with van der Waals surface area (Å²) in [6.07, 6.45) is 1.84. The van der Waals surface area contributed by atoms with Gasteiger partial charge in [-0.15, -0.1) is 0 Å². The minimum Gasteiger partial charge on any atom is -0.326 e. The van der Waals surface area contributed by atoms with E-state index in [-0.39, 0.29) is 11.3 Å². The van der Waals surface area contributed by atoms with Crippen molar-refractivity contribution < 1.29 is 4.79 Å². The van der Waals surface area contributed by atoms with Crippen LogP contribution in [0.15, 0.2) is 54.6 Å². The number of amides is 1. The second-order valence-electron chi connectivity index (χ2n) is 5.65. The van der Waals surface area contributed by atoms with Crippen LogP contribution in [0.1, 0.15) is 24.0 Å². The van der Waals surface area contributed by atoms with Crippen molar-refractivity contribution in [3.8, 4) is 0 Å². The normalized spacial score (nSPS) is 15.5. The fraction of sp³-hybridized carbons (Fsp3) is 0.278. The first-order valence-corrected chi connectivity index (χ1v) is 7.31. The van der Waals surface area contributed by atoms with Gasteiger partial charge in [0, 0.05) is 19.3 Å². The van der Waals surface area contributed by atoms with Crippen LogP contribution in [0.25, 0.3) is 0 Å². The van der Waals surface area contributed by atoms with E-state index < -0.39 is 0 Å². The Morgan fingerprint density at radius 1 is 1.10 bits per heavy atom. The van der Waals surface area contributed by atoms with Crippen LogP contribution in [-0.4, -0.2) is 13.0 Å². The number of carbonyl (C=O) groups is 1. The molecule has 0 radical (unpaired) electrons. The fourth-order valence-corrected chi connectivity index (χ4v) is 2.95. The van der Waals surface area contributed by atoms with E-state index in [0.717, 1.165) is 29.7 Å². The van der Waals surface area contributed by atoms with Crippen LogP contribution in [0, 0.1) is 0 Å². The lowest BCUT2D eigenvalue weighted by Gasteiger charge is -2.25. The maximum Gasteiger partial charge on any atom is 0.237 e. The maximum atomic E-state index is 13.0. The van der Waals surface area contributed by atoms with E-state index in [1.807, 2.05) is 61.6 Å². The minimum absolute atomic E-state index is 0.162. The van der Waals surface area contributed by atoms with Crippen LogP contribution >= 0.6 is 0 Å². The molecule has 1 saturated carbocycles. The van der Waals surface area contributed by atoms with Crippen molar-refractivity contribution in [2.75, 3.05) is 11.9 Å². The van der Waals surface area contributed by atoms with Crippen molar-refractivity contribution >= 4 is 11.6 Å². The van der Waals surface area contributed by atoms with E-state index in [4.69, 9.17) is 5.73 Å². The zero-order chi connectivity index (χ0) is 14.9. The van der Waals surface area contributed by atoms with E-state index in [1.54, 1.807) is 4.90 Å². The van der Waals surface area contributed by atoms with Gasteiger partial charge in [0.25, 0.3) is 0 Å². The predicted octanol–water partition coefficient (Wildman–Crippen LogP) is 2.84. The van der Waals surface area contributed by atoms with Gasteiger partial charge in [-0.25, -0.2) is 0 Å². The molecule has 2 N–H and O–H groups in total. The molecule has 0 heterocycles. The van der Waals surface area contributed by atoms with Crippen LogP contribution < -0.4 is 10.6 Å². The number of hydrogen-bond donors (Lipinski definition) is 1. The lowest BCUT2D eigenvalue weighted by molar-refractivity contribution is -0.120. The highest BCUT2D eigenvalue weighted by atomic mass is 16.2. The molecular weight excluding hydrogens is 260 g/mol. The first-order valence-electron chi connectivity index (χ1n) is 7.31. The monoisotopic (exact) mass is 280 g/mol. The number of hydrogen-bond acceptors (Lipinski definition) is 2. The summed E-state index contributed by atoms with van der Waals surface area (Å²) in [5, 5.41) is 0. The smallest absolute Gasteiger partial charge is 0.237 e. The fourth-order valence-electron chi connectivity index (χ4n) is 2.95. The van der Waals surface area contributed by atoms with Gasteiger partial charge in [-0.2, -0.15) is 0 Å². The van der Waals surface area contributed by atoms with Crippen LogP contribution in [0.5, 0.6) is 0 Å². The lowest BCUT2D eigenvalue weighted by atomic mass is 9.94. The summed E-state index contributed by atoms with van der Waals surface area (Å²) in [5.74, 6) is 0.162. The third-order valence-corrected chi connectivity index (χ3v) is 4.36. The second kappa shape index (κ2) is 5.34. The lowest BCUT2D eigenvalue weighted by Crippen LogP contribution is -2.37. The molecule has 0 unspecified atom stereocenters. The van der Waals surface area contributed by atoms with Crippen molar-refractivity contribution in [3.05, 3.63) is 65.7 Å². The molecule has 3 nitrogen and oxygen atoms in total. The molecule has 3 heteroatoms. The number of rotatable bonds is 4. The Morgan fingerprint density at radius 3 is 2.33 bits per heavy atom. The van der Waals surface area contributed by atoms with Crippen molar-refractivity contribution in [2.45, 2.75) is 24.8 Å². The van der Waals surface area contributed by atoms with Gasteiger partial charge in [-0.05, 0) is 30.0 Å². The number of benzene rings is 2. The average molecular weight is 280 g/mol. The molecule has 3 rings (SSSR count). The van der Waals surface area contributed by atoms with Gasteiger partial charge >= 0.3 is 0 Å². The van der Waals surface area contributed by atoms with Gasteiger partial charge in [-0.1, -0.05) is 48.5 Å². The summed E-state index contributed by atoms with van der Waals surface area (Å²) in [6.45, 7) is 0.437. The van der Waals surface area contributed by atoms with E-state index in [2.05, 4.69) is 0 Å². The summed E-state index contributed by atoms with van der Waals surface area (Å²) < 4.78 is 0. The standard InChI is InChI=1S/C18H20N2O/c1-20(16-10-6-5-7-14(16)13-19)17(21)18(11-12-18)15-8-3-2-4-9-15/h2-10H,11-13,19H2,1H3. The number of para-hydroxylation sites is 1. The first-order chi connectivity index (χ1) is 10.2. The summed E-state index contributed by atoms with van der Waals surface area (Å²) in [5.41, 5.74) is 8.48. The number of nitrogens with zero attached hydrogens (tertiary/aromatic N) is 1. The Labute approximate surface area is 125 Å². The molecule has 0 aliphatic heterocycles. The largest absolute Gasteiger partial charge is 0.326 e. The van der Waals surface area contributed by atoms with Gasteiger partial charge in [0.05, 0.1) is 5.41 Å². The molecule has 0 bridgehead atoms. The van der Waals surface area contributed by atoms with E-state index in [9.17, 15) is 4.79 Å². The molecule has 0 saturated heterocycles. The molecule has 2 aromatic carbocycles. The number of carbonyl (C=O) groups excluding carboxylic acids is 1. The SMILES string of the molecule is CN(C(=O)C1(c2ccccc2)CC1)c1ccccc1CN. The topological polar surface area (TPSA) is 46.3 Å². The average Bonchev–Trinajstić information content (AvgIpc) is 3.36. The number of nitrogens with two attached hydrogens (primary N) is 1. The van der Waals surface area contributed by atoms with Crippen LogP contribution in [0.2, 0.25) is 0 Å². The Balaban J connectivity index is 1.92. The Hall–Kier alpha value is -2.13. The van der Waals surface area contributed by atoms with E-state index in [1.165, 1.54) is 0 Å². The molecule has 0 aromatic heterocycles. The van der Waals surface area contributed by atoms with Crippen molar-refractivity contribution in [3.63, 3.8) is 0 Å². The number of likely N-dealkylation sites (N-methyl/N-ethyl adjacent to an activating group) is 1. The highest BCUT2D eigenvalue weighted by molar-refractivity contribution is 6.03. The summed E-state index contributed by atoms with van der Waals surface area (Å²) in [4.78, 5) is 14.7. The van der Waals surface area contributed by atoms with Crippen molar-refractivity contribution in [1.29, 1.82) is 0 Å².